The Morgan fingerprint density at radius 2 is 1.86 bits per heavy atom. The van der Waals surface area contributed by atoms with Crippen LogP contribution in [0.1, 0.15) is 6.92 Å². The second-order valence-electron chi connectivity index (χ2n) is 4.09. The van der Waals surface area contributed by atoms with Gasteiger partial charge in [0.25, 0.3) is 6.47 Å². The Bertz CT molecular complexity index is 698. The van der Waals surface area contributed by atoms with Gasteiger partial charge in [-0.05, 0) is 29.8 Å². The predicted molar refractivity (Wildman–Crippen MR) is 69.8 cm³/mol. The Morgan fingerprint density at radius 3 is 2.43 bits per heavy atom. The highest BCUT2D eigenvalue weighted by molar-refractivity contribution is 5.71. The second-order valence-corrected chi connectivity index (χ2v) is 4.09. The fourth-order valence-corrected chi connectivity index (χ4v) is 1.76. The molecular weight excluding hydrogens is 282 g/mol. The minimum atomic E-state index is -0.782. The van der Waals surface area contributed by atoms with E-state index in [2.05, 4.69) is 9.47 Å². The summed E-state index contributed by atoms with van der Waals surface area (Å²) in [5.74, 6) is -2.29. The van der Waals surface area contributed by atoms with Crippen LogP contribution in [0.25, 0.3) is 11.1 Å². The highest BCUT2D eigenvalue weighted by Crippen LogP contribution is 2.29. The third-order valence-corrected chi connectivity index (χ3v) is 2.62. The van der Waals surface area contributed by atoms with Gasteiger partial charge in [-0.25, -0.2) is 8.78 Å². The van der Waals surface area contributed by atoms with Gasteiger partial charge in [-0.15, -0.1) is 0 Å². The van der Waals surface area contributed by atoms with E-state index in [1.165, 1.54) is 24.3 Å². The van der Waals surface area contributed by atoms with Gasteiger partial charge in [0.1, 0.15) is 11.6 Å². The normalized spacial score (nSPS) is 10.0. The molecule has 0 heterocycles. The summed E-state index contributed by atoms with van der Waals surface area (Å²) in [6.07, 6.45) is 0. The Balaban J connectivity index is 2.36. The van der Waals surface area contributed by atoms with Crippen molar-refractivity contribution in [3.8, 4) is 22.6 Å². The van der Waals surface area contributed by atoms with Crippen molar-refractivity contribution in [1.29, 1.82) is 0 Å². The minimum Gasteiger partial charge on any atom is -0.429 e. The number of hydrogen-bond donors (Lipinski definition) is 0. The van der Waals surface area contributed by atoms with E-state index in [1.54, 1.807) is 0 Å². The number of benzene rings is 2. The van der Waals surface area contributed by atoms with Gasteiger partial charge in [0.05, 0.1) is 0 Å². The maximum absolute atomic E-state index is 13.9. The first-order chi connectivity index (χ1) is 10.0. The average Bonchev–Trinajstić information content (AvgIpc) is 2.41. The van der Waals surface area contributed by atoms with Gasteiger partial charge in [0, 0.05) is 18.6 Å². The van der Waals surface area contributed by atoms with Crippen LogP contribution in [-0.2, 0) is 9.59 Å². The fraction of sp³-hybridized carbons (Fsp3) is 0.0667. The summed E-state index contributed by atoms with van der Waals surface area (Å²) in [5.41, 5.74) is 0.389. The Morgan fingerprint density at radius 1 is 1.10 bits per heavy atom. The van der Waals surface area contributed by atoms with Gasteiger partial charge < -0.3 is 9.47 Å². The number of ether oxygens (including phenoxy) is 2. The third-order valence-electron chi connectivity index (χ3n) is 2.62. The maximum atomic E-state index is 13.9. The predicted octanol–water partition coefficient (Wildman–Crippen LogP) is 3.09. The summed E-state index contributed by atoms with van der Waals surface area (Å²) in [6.45, 7) is 1.33. The number of halogens is 2. The third kappa shape index (κ3) is 3.42. The number of rotatable bonds is 4. The van der Waals surface area contributed by atoms with Gasteiger partial charge in [-0.2, -0.15) is 0 Å². The molecule has 0 amide bonds. The summed E-state index contributed by atoms with van der Waals surface area (Å²) < 4.78 is 36.8. The summed E-state index contributed by atoms with van der Waals surface area (Å²) in [7, 11) is 0. The zero-order valence-electron chi connectivity index (χ0n) is 10.9. The summed E-state index contributed by atoms with van der Waals surface area (Å²) in [4.78, 5) is 21.0. The van der Waals surface area contributed by atoms with Crippen molar-refractivity contribution in [3.05, 3.63) is 48.0 Å². The van der Waals surface area contributed by atoms with Gasteiger partial charge in [0.2, 0.25) is 0 Å². The molecule has 0 radical (unpaired) electrons. The van der Waals surface area contributed by atoms with E-state index < -0.39 is 17.6 Å². The van der Waals surface area contributed by atoms with Gasteiger partial charge in [0.15, 0.2) is 11.6 Å². The van der Waals surface area contributed by atoms with Crippen LogP contribution in [0.15, 0.2) is 36.4 Å². The molecule has 0 unspecified atom stereocenters. The topological polar surface area (TPSA) is 52.6 Å². The molecule has 0 aliphatic heterocycles. The van der Waals surface area contributed by atoms with Gasteiger partial charge in [-0.1, -0.05) is 6.07 Å². The van der Waals surface area contributed by atoms with E-state index in [9.17, 15) is 18.4 Å². The molecular formula is C15H10F2O4. The van der Waals surface area contributed by atoms with E-state index in [-0.39, 0.29) is 29.1 Å². The molecule has 108 valence electrons. The quantitative estimate of drug-likeness (QED) is 0.493. The van der Waals surface area contributed by atoms with Crippen LogP contribution in [0.5, 0.6) is 11.5 Å². The summed E-state index contributed by atoms with van der Waals surface area (Å²) in [5, 5.41) is 0. The van der Waals surface area contributed by atoms with E-state index in [0.29, 0.717) is 0 Å². The van der Waals surface area contributed by atoms with Crippen molar-refractivity contribution >= 4 is 12.4 Å². The van der Waals surface area contributed by atoms with Crippen molar-refractivity contribution in [2.45, 2.75) is 6.92 Å². The molecule has 2 aromatic carbocycles. The molecule has 0 saturated carbocycles. The van der Waals surface area contributed by atoms with Crippen molar-refractivity contribution in [2.24, 2.45) is 0 Å². The first kappa shape index (κ1) is 14.6. The number of carbonyl (C=O) groups excluding carboxylic acids is 2. The maximum Gasteiger partial charge on any atom is 0.308 e. The molecule has 2 rings (SSSR count). The highest BCUT2D eigenvalue weighted by atomic mass is 19.1. The van der Waals surface area contributed by atoms with E-state index in [4.69, 9.17) is 0 Å². The van der Waals surface area contributed by atoms with Crippen LogP contribution in [-0.4, -0.2) is 12.4 Å². The molecule has 0 bridgehead atoms. The van der Waals surface area contributed by atoms with Crippen molar-refractivity contribution in [3.63, 3.8) is 0 Å². The van der Waals surface area contributed by atoms with Crippen LogP contribution in [0.4, 0.5) is 8.78 Å². The largest absolute Gasteiger partial charge is 0.429 e. The van der Waals surface area contributed by atoms with Crippen LogP contribution < -0.4 is 9.47 Å². The lowest BCUT2D eigenvalue weighted by molar-refractivity contribution is -0.132. The molecule has 0 atom stereocenters. The average molecular weight is 292 g/mol. The summed E-state index contributed by atoms with van der Waals surface area (Å²) >= 11 is 0. The molecule has 4 nitrogen and oxygen atoms in total. The molecule has 0 spiro atoms. The fourth-order valence-electron chi connectivity index (χ4n) is 1.76. The number of carbonyl (C=O) groups is 2. The zero-order valence-corrected chi connectivity index (χ0v) is 10.9. The standard InChI is InChI=1S/C15H10F2O4/c1-9(19)21-15-5-2-10(6-14(15)17)12-4-3-11(20-8-18)7-13(12)16/h2-8H,1H3. The molecule has 21 heavy (non-hydrogen) atoms. The Kier molecular flexibility index (Phi) is 4.27. The first-order valence-corrected chi connectivity index (χ1v) is 5.89. The van der Waals surface area contributed by atoms with Crippen molar-refractivity contribution in [2.75, 3.05) is 0 Å². The van der Waals surface area contributed by atoms with E-state index in [1.807, 2.05) is 0 Å². The number of hydrogen-bond acceptors (Lipinski definition) is 4. The van der Waals surface area contributed by atoms with Crippen LogP contribution in [0.2, 0.25) is 0 Å². The minimum absolute atomic E-state index is 0.0447. The van der Waals surface area contributed by atoms with Crippen molar-refractivity contribution in [1.82, 2.24) is 0 Å². The van der Waals surface area contributed by atoms with E-state index >= 15 is 0 Å². The van der Waals surface area contributed by atoms with Crippen molar-refractivity contribution < 1.29 is 27.8 Å². The van der Waals surface area contributed by atoms with Gasteiger partial charge in [-0.3, -0.25) is 9.59 Å². The molecule has 0 aromatic heterocycles. The second kappa shape index (κ2) is 6.13. The van der Waals surface area contributed by atoms with Gasteiger partial charge >= 0.3 is 5.97 Å². The Hall–Kier alpha value is -2.76. The first-order valence-electron chi connectivity index (χ1n) is 5.89. The zero-order chi connectivity index (χ0) is 15.4. The van der Waals surface area contributed by atoms with Crippen LogP contribution in [0.3, 0.4) is 0 Å². The Labute approximate surface area is 118 Å². The van der Waals surface area contributed by atoms with Crippen LogP contribution in [0, 0.1) is 11.6 Å². The summed E-state index contributed by atoms with van der Waals surface area (Å²) in [6, 6.07) is 7.46. The lowest BCUT2D eigenvalue weighted by Gasteiger charge is -2.08. The smallest absolute Gasteiger partial charge is 0.308 e. The lowest BCUT2D eigenvalue weighted by Crippen LogP contribution is -2.03. The SMILES string of the molecule is CC(=O)Oc1ccc(-c2ccc(OC=O)cc2F)cc1F. The number of esters is 1. The molecule has 0 N–H and O–H groups in total. The van der Waals surface area contributed by atoms with E-state index in [0.717, 1.165) is 19.1 Å². The monoisotopic (exact) mass is 292 g/mol. The molecule has 2 aromatic rings. The molecule has 0 saturated heterocycles. The molecule has 0 aliphatic carbocycles. The molecule has 6 heteroatoms. The van der Waals surface area contributed by atoms with Crippen LogP contribution >= 0.6 is 0 Å². The molecule has 0 fully saturated rings. The highest BCUT2D eigenvalue weighted by Gasteiger charge is 2.11. The molecule has 0 aliphatic rings. The lowest BCUT2D eigenvalue weighted by atomic mass is 10.0.